The summed E-state index contributed by atoms with van der Waals surface area (Å²) in [6.45, 7) is 2.27. The molecule has 0 aromatic rings. The van der Waals surface area contributed by atoms with Crippen molar-refractivity contribution in [3.05, 3.63) is 0 Å². The largest absolute Gasteiger partial charge is 2.00 e. The summed E-state index contributed by atoms with van der Waals surface area (Å²) in [5, 5.41) is 34.6. The third-order valence-electron chi connectivity index (χ3n) is 0.682. The van der Waals surface area contributed by atoms with E-state index in [0.717, 1.165) is 13.8 Å². The monoisotopic (exact) mass is 244 g/mol. The molecule has 0 bridgehead atoms. The van der Waals surface area contributed by atoms with Gasteiger partial charge in [-0.1, -0.05) is 0 Å². The molecule has 14 heavy (non-hydrogen) atoms. The first-order valence-electron chi connectivity index (χ1n) is 3.06. The van der Waals surface area contributed by atoms with Gasteiger partial charge >= 0.3 is 60.8 Å². The van der Waals surface area contributed by atoms with Gasteiger partial charge in [-0.05, 0) is 13.8 Å². The molecule has 0 aromatic carbocycles. The van der Waals surface area contributed by atoms with Crippen LogP contribution < -0.4 is 10.2 Å². The van der Waals surface area contributed by atoms with E-state index in [2.05, 4.69) is 0 Å². The van der Waals surface area contributed by atoms with Gasteiger partial charge in [0, 0.05) is 0 Å². The topological polar surface area (TPSA) is 121 Å². The van der Waals surface area contributed by atoms with Crippen LogP contribution in [0.2, 0.25) is 0 Å². The van der Waals surface area contributed by atoms with E-state index in [9.17, 15) is 19.8 Å². The summed E-state index contributed by atoms with van der Waals surface area (Å²) in [7, 11) is 0. The Kier molecular flexibility index (Phi) is 24.0. The molecule has 0 amide bonds. The SMILES string of the molecule is CC(O)C(=O)[O-].CC(O)C(=O)[O-].[Ca+2].[MgH2]. The Hall–Kier alpha value is 0.886. The Labute approximate surface area is 127 Å². The fourth-order valence-electron chi connectivity index (χ4n) is 0. The molecule has 76 valence electrons. The van der Waals surface area contributed by atoms with E-state index in [1.807, 2.05) is 0 Å². The van der Waals surface area contributed by atoms with Crippen LogP contribution in [-0.2, 0) is 9.59 Å². The summed E-state index contributed by atoms with van der Waals surface area (Å²) in [5.41, 5.74) is 0. The quantitative estimate of drug-likeness (QED) is 0.469. The summed E-state index contributed by atoms with van der Waals surface area (Å²) in [4.78, 5) is 18.7. The summed E-state index contributed by atoms with van der Waals surface area (Å²) in [6, 6.07) is 0. The zero-order valence-electron chi connectivity index (χ0n) is 7.39. The molecule has 0 heterocycles. The number of rotatable bonds is 2. The number of carbonyl (C=O) groups excluding carboxylic acids is 2. The molecule has 0 aliphatic rings. The van der Waals surface area contributed by atoms with E-state index in [1.165, 1.54) is 0 Å². The van der Waals surface area contributed by atoms with Crippen LogP contribution in [0, 0.1) is 0 Å². The Bertz CT molecular complexity index is 142. The molecule has 2 N–H and O–H groups in total. The van der Waals surface area contributed by atoms with Crippen LogP contribution in [0.4, 0.5) is 0 Å². The van der Waals surface area contributed by atoms with Gasteiger partial charge in [0.25, 0.3) is 0 Å². The van der Waals surface area contributed by atoms with Crippen LogP contribution in [-0.4, -0.2) is 95.2 Å². The number of carboxylic acid groups (broad SMARTS) is 2. The second kappa shape index (κ2) is 13.9. The number of carbonyl (C=O) groups is 2. The number of hydrogen-bond acceptors (Lipinski definition) is 6. The average Bonchev–Trinajstić information content (AvgIpc) is 1.88. The van der Waals surface area contributed by atoms with E-state index in [-0.39, 0.29) is 60.8 Å². The van der Waals surface area contributed by atoms with Crippen molar-refractivity contribution in [2.24, 2.45) is 0 Å². The van der Waals surface area contributed by atoms with Crippen LogP contribution in [0.3, 0.4) is 0 Å². The molecule has 0 spiro atoms. The molecule has 0 saturated carbocycles. The predicted molar refractivity (Wildman–Crippen MR) is 47.7 cm³/mol. The predicted octanol–water partition coefficient (Wildman–Crippen LogP) is -5.06. The van der Waals surface area contributed by atoms with E-state index < -0.39 is 24.1 Å². The minimum Gasteiger partial charge on any atom is -0.547 e. The summed E-state index contributed by atoms with van der Waals surface area (Å²) < 4.78 is 0. The van der Waals surface area contributed by atoms with Gasteiger partial charge in [0.15, 0.2) is 0 Å². The van der Waals surface area contributed by atoms with Crippen molar-refractivity contribution in [1.29, 1.82) is 0 Å². The first kappa shape index (κ1) is 24.2. The maximum atomic E-state index is 9.34. The van der Waals surface area contributed by atoms with Gasteiger partial charge < -0.3 is 30.0 Å². The minimum atomic E-state index is -1.44. The van der Waals surface area contributed by atoms with Gasteiger partial charge in [-0.2, -0.15) is 0 Å². The first-order chi connectivity index (χ1) is 5.29. The van der Waals surface area contributed by atoms with Crippen LogP contribution in [0.1, 0.15) is 13.8 Å². The number of aliphatic hydroxyl groups excluding tert-OH is 2. The Morgan fingerprint density at radius 1 is 1.00 bits per heavy atom. The summed E-state index contributed by atoms with van der Waals surface area (Å²) in [6.07, 6.45) is -2.69. The third-order valence-corrected chi connectivity index (χ3v) is 0.682. The molecule has 2 atom stereocenters. The van der Waals surface area contributed by atoms with E-state index in [1.54, 1.807) is 0 Å². The molecule has 0 saturated heterocycles. The van der Waals surface area contributed by atoms with Crippen molar-refractivity contribution in [3.63, 3.8) is 0 Å². The molecule has 2 unspecified atom stereocenters. The fourth-order valence-corrected chi connectivity index (χ4v) is 0. The molecule has 6 nitrogen and oxygen atoms in total. The smallest absolute Gasteiger partial charge is 0.547 e. The normalized spacial score (nSPS) is 11.7. The molecular weight excluding hydrogens is 232 g/mol. The number of aliphatic carboxylic acids is 2. The van der Waals surface area contributed by atoms with Crippen LogP contribution in [0.15, 0.2) is 0 Å². The zero-order valence-corrected chi connectivity index (χ0v) is 9.60. The van der Waals surface area contributed by atoms with Crippen molar-refractivity contribution in [2.45, 2.75) is 26.1 Å². The Morgan fingerprint density at radius 2 is 1.07 bits per heavy atom. The van der Waals surface area contributed by atoms with Crippen molar-refractivity contribution >= 4 is 72.7 Å². The van der Waals surface area contributed by atoms with Gasteiger partial charge in [0.05, 0.1) is 24.1 Å². The Morgan fingerprint density at radius 3 is 1.07 bits per heavy atom. The van der Waals surface area contributed by atoms with E-state index in [0.29, 0.717) is 0 Å². The third kappa shape index (κ3) is 23.1. The maximum absolute atomic E-state index is 9.34. The maximum Gasteiger partial charge on any atom is 2.00 e. The van der Waals surface area contributed by atoms with Crippen molar-refractivity contribution in [2.75, 3.05) is 0 Å². The van der Waals surface area contributed by atoms with E-state index in [4.69, 9.17) is 10.2 Å². The van der Waals surface area contributed by atoms with E-state index >= 15 is 0 Å². The van der Waals surface area contributed by atoms with Gasteiger partial charge in [-0.15, -0.1) is 0 Å². The molecule has 0 aliphatic heterocycles. The molecular formula is C6H12CaMgO6. The second-order valence-electron chi connectivity index (χ2n) is 1.99. The zero-order chi connectivity index (χ0) is 10.3. The van der Waals surface area contributed by atoms with Crippen LogP contribution >= 0.6 is 0 Å². The second-order valence-corrected chi connectivity index (χ2v) is 1.99. The summed E-state index contributed by atoms with van der Waals surface area (Å²) in [5.74, 6) is -2.87. The molecule has 8 heteroatoms. The Balaban J connectivity index is -0.0000000625. The standard InChI is InChI=1S/2C3H6O3.Ca.Mg.2H/c2*1-2(4)3(5)6;;;;/h2*2,4H,1H3,(H,5,6);;;;/q;;+2;;;/p-2. The van der Waals surface area contributed by atoms with Crippen LogP contribution in [0.25, 0.3) is 0 Å². The number of carboxylic acids is 2. The number of hydrogen-bond donors (Lipinski definition) is 2. The van der Waals surface area contributed by atoms with Crippen LogP contribution in [0.5, 0.6) is 0 Å². The average molecular weight is 245 g/mol. The molecule has 0 radical (unpaired) electrons. The van der Waals surface area contributed by atoms with Gasteiger partial charge in [0.1, 0.15) is 0 Å². The van der Waals surface area contributed by atoms with Gasteiger partial charge in [0.2, 0.25) is 0 Å². The molecule has 0 fully saturated rings. The van der Waals surface area contributed by atoms with Crippen molar-refractivity contribution < 1.29 is 30.0 Å². The first-order valence-corrected chi connectivity index (χ1v) is 3.06. The summed E-state index contributed by atoms with van der Waals surface area (Å²) >= 11 is 0. The minimum absolute atomic E-state index is 0. The molecule has 0 rings (SSSR count). The van der Waals surface area contributed by atoms with Gasteiger partial charge in [-0.3, -0.25) is 0 Å². The van der Waals surface area contributed by atoms with Crippen molar-refractivity contribution in [1.82, 2.24) is 0 Å². The molecule has 0 aliphatic carbocycles. The van der Waals surface area contributed by atoms with Gasteiger partial charge in [-0.25, -0.2) is 0 Å². The van der Waals surface area contributed by atoms with Crippen molar-refractivity contribution in [3.8, 4) is 0 Å². The molecule has 0 aromatic heterocycles. The number of aliphatic hydroxyl groups is 2. The fraction of sp³-hybridized carbons (Fsp3) is 0.667.